The summed E-state index contributed by atoms with van der Waals surface area (Å²) in [5.74, 6) is 1.14. The quantitative estimate of drug-likeness (QED) is 0.762. The first-order valence-corrected chi connectivity index (χ1v) is 12.5. The number of piperidine rings is 4. The maximum absolute atomic E-state index is 13.2. The molecular weight excluding hydrogens is 412 g/mol. The Kier molecular flexibility index (Phi) is 5.67. The maximum Gasteiger partial charge on any atom is 0.320 e. The molecule has 0 spiro atoms. The molecule has 8 heteroatoms. The molecular formula is C23H32N4O3S. The fourth-order valence-electron chi connectivity index (χ4n) is 5.99. The van der Waals surface area contributed by atoms with E-state index >= 15 is 0 Å². The molecule has 4 fully saturated rings. The van der Waals surface area contributed by atoms with Crippen LogP contribution < -0.4 is 5.32 Å². The summed E-state index contributed by atoms with van der Waals surface area (Å²) in [7, 11) is 0. The second-order valence-electron chi connectivity index (χ2n) is 9.70. The van der Waals surface area contributed by atoms with E-state index in [2.05, 4.69) is 10.2 Å². The van der Waals surface area contributed by atoms with E-state index in [1.54, 1.807) is 0 Å². The number of carbonyl (C=O) groups excluding carboxylic acids is 3. The van der Waals surface area contributed by atoms with E-state index in [-0.39, 0.29) is 18.0 Å². The third kappa shape index (κ3) is 4.19. The topological polar surface area (TPSA) is 73.0 Å². The minimum Gasteiger partial charge on any atom is -0.348 e. The van der Waals surface area contributed by atoms with Crippen LogP contribution in [0.25, 0.3) is 0 Å². The molecule has 7 nitrogen and oxygen atoms in total. The number of hydrogen-bond donors (Lipinski definition) is 1. The van der Waals surface area contributed by atoms with E-state index in [4.69, 9.17) is 0 Å². The van der Waals surface area contributed by atoms with E-state index in [1.807, 2.05) is 28.9 Å². The summed E-state index contributed by atoms with van der Waals surface area (Å²) in [5.41, 5.74) is 0. The van der Waals surface area contributed by atoms with Gasteiger partial charge in [0.2, 0.25) is 5.91 Å². The first-order valence-electron chi connectivity index (χ1n) is 11.7. The minimum atomic E-state index is -0.00156. The van der Waals surface area contributed by atoms with Crippen LogP contribution >= 0.6 is 11.3 Å². The van der Waals surface area contributed by atoms with Crippen molar-refractivity contribution in [2.24, 2.45) is 11.8 Å². The molecule has 2 bridgehead atoms. The van der Waals surface area contributed by atoms with Gasteiger partial charge in [0.1, 0.15) is 0 Å². The molecule has 1 aromatic rings. The largest absolute Gasteiger partial charge is 0.348 e. The summed E-state index contributed by atoms with van der Waals surface area (Å²) < 4.78 is 0. The van der Waals surface area contributed by atoms with Gasteiger partial charge in [-0.15, -0.1) is 11.3 Å². The molecule has 31 heavy (non-hydrogen) atoms. The smallest absolute Gasteiger partial charge is 0.320 e. The molecule has 4 aliphatic heterocycles. The Hall–Kier alpha value is -2.09. The molecule has 3 atom stereocenters. The fraction of sp³-hybridized carbons (Fsp3) is 0.696. The Bertz CT molecular complexity index is 863. The SMILES string of the molecule is Cc1ccc(C(=O)NC2CCN(C(=O)N3C[C@H]4C[C@H](C3)[C@H]3CCCC(=O)N3C4)CC2)s1. The first kappa shape index (κ1) is 20.8. The number of nitrogens with one attached hydrogen (secondary N) is 1. The van der Waals surface area contributed by atoms with Gasteiger partial charge in [0.15, 0.2) is 0 Å². The molecule has 0 radical (unpaired) electrons. The van der Waals surface area contributed by atoms with Crippen LogP contribution in [0.4, 0.5) is 4.79 Å². The number of hydrogen-bond acceptors (Lipinski definition) is 4. The number of rotatable bonds is 2. The van der Waals surface area contributed by atoms with Crippen molar-refractivity contribution < 1.29 is 14.4 Å². The molecule has 5 rings (SSSR count). The number of fused-ring (bicyclic) bond motifs is 4. The van der Waals surface area contributed by atoms with Crippen molar-refractivity contribution in [3.63, 3.8) is 0 Å². The Morgan fingerprint density at radius 3 is 2.61 bits per heavy atom. The molecule has 1 aromatic heterocycles. The fourth-order valence-corrected chi connectivity index (χ4v) is 6.76. The van der Waals surface area contributed by atoms with E-state index in [1.165, 1.54) is 11.3 Å². The lowest BCUT2D eigenvalue weighted by Gasteiger charge is -2.53. The number of nitrogens with zero attached hydrogens (tertiary/aromatic N) is 3. The molecule has 168 valence electrons. The van der Waals surface area contributed by atoms with Gasteiger partial charge in [0, 0.05) is 56.1 Å². The van der Waals surface area contributed by atoms with Crippen LogP contribution in [-0.2, 0) is 4.79 Å². The molecule has 4 saturated heterocycles. The normalized spacial score (nSPS) is 29.0. The second kappa shape index (κ2) is 8.45. The monoisotopic (exact) mass is 444 g/mol. The molecule has 0 aromatic carbocycles. The maximum atomic E-state index is 13.2. The summed E-state index contributed by atoms with van der Waals surface area (Å²) in [6, 6.07) is 4.44. The van der Waals surface area contributed by atoms with E-state index < -0.39 is 0 Å². The average Bonchev–Trinajstić information content (AvgIpc) is 3.21. The van der Waals surface area contributed by atoms with Crippen molar-refractivity contribution in [1.82, 2.24) is 20.0 Å². The van der Waals surface area contributed by atoms with Gasteiger partial charge in [0.05, 0.1) is 4.88 Å². The van der Waals surface area contributed by atoms with Gasteiger partial charge in [-0.2, -0.15) is 0 Å². The highest BCUT2D eigenvalue weighted by Gasteiger charge is 2.45. The van der Waals surface area contributed by atoms with Gasteiger partial charge >= 0.3 is 6.03 Å². The van der Waals surface area contributed by atoms with Crippen molar-refractivity contribution in [2.45, 2.75) is 57.5 Å². The predicted octanol–water partition coefficient (Wildman–Crippen LogP) is 2.70. The average molecular weight is 445 g/mol. The third-order valence-corrected chi connectivity index (χ3v) is 8.51. The molecule has 4 aliphatic rings. The first-order chi connectivity index (χ1) is 15.0. The summed E-state index contributed by atoms with van der Waals surface area (Å²) in [6.45, 7) is 5.74. The van der Waals surface area contributed by atoms with Crippen molar-refractivity contribution in [3.05, 3.63) is 21.9 Å². The van der Waals surface area contributed by atoms with Crippen LogP contribution in [0.1, 0.15) is 53.1 Å². The third-order valence-electron chi connectivity index (χ3n) is 7.52. The van der Waals surface area contributed by atoms with Crippen molar-refractivity contribution in [1.29, 1.82) is 0 Å². The zero-order valence-electron chi connectivity index (χ0n) is 18.2. The highest BCUT2D eigenvalue weighted by atomic mass is 32.1. The van der Waals surface area contributed by atoms with Crippen LogP contribution in [0.15, 0.2) is 12.1 Å². The highest BCUT2D eigenvalue weighted by Crippen LogP contribution is 2.38. The Balaban J connectivity index is 1.14. The molecule has 0 aliphatic carbocycles. The summed E-state index contributed by atoms with van der Waals surface area (Å²) in [5, 5.41) is 3.14. The van der Waals surface area contributed by atoms with E-state index in [9.17, 15) is 14.4 Å². The molecule has 0 saturated carbocycles. The van der Waals surface area contributed by atoms with Crippen molar-refractivity contribution in [3.8, 4) is 0 Å². The highest BCUT2D eigenvalue weighted by molar-refractivity contribution is 7.13. The van der Waals surface area contributed by atoms with Crippen LogP contribution in [-0.4, -0.2) is 77.4 Å². The lowest BCUT2D eigenvalue weighted by molar-refractivity contribution is -0.144. The summed E-state index contributed by atoms with van der Waals surface area (Å²) >= 11 is 1.52. The van der Waals surface area contributed by atoms with Gasteiger partial charge < -0.3 is 20.0 Å². The van der Waals surface area contributed by atoms with Crippen LogP contribution in [0.3, 0.4) is 0 Å². The van der Waals surface area contributed by atoms with E-state index in [0.29, 0.717) is 43.3 Å². The second-order valence-corrected chi connectivity index (χ2v) is 11.0. The van der Waals surface area contributed by atoms with Crippen molar-refractivity contribution >= 4 is 29.2 Å². The zero-order chi connectivity index (χ0) is 21.5. The number of carbonyl (C=O) groups is 3. The Morgan fingerprint density at radius 1 is 1.06 bits per heavy atom. The molecule has 5 heterocycles. The Morgan fingerprint density at radius 2 is 1.87 bits per heavy atom. The summed E-state index contributed by atoms with van der Waals surface area (Å²) in [4.78, 5) is 46.0. The van der Waals surface area contributed by atoms with Crippen LogP contribution in [0.5, 0.6) is 0 Å². The zero-order valence-corrected chi connectivity index (χ0v) is 19.0. The lowest BCUT2D eigenvalue weighted by atomic mass is 9.76. The number of aryl methyl sites for hydroxylation is 1. The van der Waals surface area contributed by atoms with Gasteiger partial charge in [-0.25, -0.2) is 4.79 Å². The van der Waals surface area contributed by atoms with Gasteiger partial charge in [-0.05, 0) is 63.0 Å². The van der Waals surface area contributed by atoms with Crippen LogP contribution in [0.2, 0.25) is 0 Å². The van der Waals surface area contributed by atoms with Gasteiger partial charge in [-0.1, -0.05) is 0 Å². The number of amides is 4. The van der Waals surface area contributed by atoms with Gasteiger partial charge in [-0.3, -0.25) is 9.59 Å². The summed E-state index contributed by atoms with van der Waals surface area (Å²) in [6.07, 6.45) is 5.50. The molecule has 1 N–H and O–H groups in total. The van der Waals surface area contributed by atoms with Crippen LogP contribution in [0, 0.1) is 18.8 Å². The van der Waals surface area contributed by atoms with Crippen molar-refractivity contribution in [2.75, 3.05) is 32.7 Å². The van der Waals surface area contributed by atoms with Gasteiger partial charge in [0.25, 0.3) is 5.91 Å². The lowest BCUT2D eigenvalue weighted by Crippen LogP contribution is -2.62. The Labute approximate surface area is 187 Å². The number of likely N-dealkylation sites (tertiary alicyclic amines) is 2. The van der Waals surface area contributed by atoms with E-state index in [0.717, 1.165) is 61.5 Å². The predicted molar refractivity (Wildman–Crippen MR) is 119 cm³/mol. The molecule has 4 amide bonds. The number of urea groups is 1. The minimum absolute atomic E-state index is 0.00156. The molecule has 0 unspecified atom stereocenters. The number of thiophene rings is 1. The standard InChI is InChI=1S/C23H32N4O3S/c1-15-5-6-20(31-15)22(29)24-18-7-9-25(10-8-18)23(30)26-12-16-11-17(14-26)19-3-2-4-21(28)27(19)13-16/h5-6,16-19H,2-4,7-14H2,1H3,(H,24,29)/t16-,17-,19-/m1/s1.